The van der Waals surface area contributed by atoms with Crippen LogP contribution < -0.4 is 5.73 Å². The first-order chi connectivity index (χ1) is 6.71. The molecule has 0 bridgehead atoms. The lowest BCUT2D eigenvalue weighted by atomic mass is 9.76. The van der Waals surface area contributed by atoms with E-state index in [2.05, 4.69) is 6.58 Å². The normalized spacial score (nSPS) is 31.4. The van der Waals surface area contributed by atoms with Crippen LogP contribution in [0.4, 0.5) is 0 Å². The number of esters is 1. The van der Waals surface area contributed by atoms with Gasteiger partial charge in [0.25, 0.3) is 0 Å². The van der Waals surface area contributed by atoms with Gasteiger partial charge in [0.2, 0.25) is 0 Å². The van der Waals surface area contributed by atoms with E-state index in [1.54, 1.807) is 0 Å². The predicted molar refractivity (Wildman–Crippen MR) is 55.7 cm³/mol. The number of hydrogen-bond donors (Lipinski definition) is 1. The summed E-state index contributed by atoms with van der Waals surface area (Å²) in [4.78, 5) is 11.7. The highest BCUT2D eigenvalue weighted by Crippen LogP contribution is 2.45. The minimum Gasteiger partial charge on any atom is -0.469 e. The van der Waals surface area contributed by atoms with Crippen molar-refractivity contribution in [2.75, 3.05) is 13.7 Å². The molecule has 3 heteroatoms. The van der Waals surface area contributed by atoms with E-state index in [-0.39, 0.29) is 5.97 Å². The largest absolute Gasteiger partial charge is 0.469 e. The van der Waals surface area contributed by atoms with Crippen molar-refractivity contribution in [3.63, 3.8) is 0 Å². The van der Waals surface area contributed by atoms with E-state index < -0.39 is 5.41 Å². The van der Waals surface area contributed by atoms with Gasteiger partial charge in [-0.05, 0) is 25.2 Å². The zero-order valence-corrected chi connectivity index (χ0v) is 8.79. The lowest BCUT2D eigenvalue weighted by molar-refractivity contribution is -0.154. The summed E-state index contributed by atoms with van der Waals surface area (Å²) in [6.07, 6.45) is 5.69. The van der Waals surface area contributed by atoms with Crippen LogP contribution in [0.1, 0.15) is 25.7 Å². The second kappa shape index (κ2) is 4.60. The minimum atomic E-state index is -0.442. The summed E-state index contributed by atoms with van der Waals surface area (Å²) in [6, 6.07) is 0. The number of carbonyl (C=O) groups is 1. The van der Waals surface area contributed by atoms with Crippen LogP contribution in [0.3, 0.4) is 0 Å². The van der Waals surface area contributed by atoms with Gasteiger partial charge in [0.05, 0.1) is 12.5 Å². The SMILES string of the molecule is C=CC[C@@H]1CCC[C@]1(CN)C(=O)OC. The number of methoxy groups -OCH3 is 1. The predicted octanol–water partition coefficient (Wildman–Crippen LogP) is 1.48. The summed E-state index contributed by atoms with van der Waals surface area (Å²) in [7, 11) is 1.43. The summed E-state index contributed by atoms with van der Waals surface area (Å²) in [5.41, 5.74) is 5.29. The Morgan fingerprint density at radius 1 is 1.79 bits per heavy atom. The van der Waals surface area contributed by atoms with Gasteiger partial charge in [-0.1, -0.05) is 12.5 Å². The molecule has 1 fully saturated rings. The van der Waals surface area contributed by atoms with Crippen LogP contribution in [0.5, 0.6) is 0 Å². The molecule has 1 aliphatic carbocycles. The number of nitrogens with two attached hydrogens (primary N) is 1. The Kier molecular flexibility index (Phi) is 3.69. The molecule has 0 heterocycles. The first kappa shape index (κ1) is 11.2. The molecule has 0 aliphatic heterocycles. The van der Waals surface area contributed by atoms with Gasteiger partial charge >= 0.3 is 5.97 Å². The van der Waals surface area contributed by atoms with Gasteiger partial charge in [0.15, 0.2) is 0 Å². The van der Waals surface area contributed by atoms with Crippen molar-refractivity contribution < 1.29 is 9.53 Å². The summed E-state index contributed by atoms with van der Waals surface area (Å²) >= 11 is 0. The minimum absolute atomic E-state index is 0.149. The molecule has 0 unspecified atom stereocenters. The Balaban J connectivity index is 2.84. The monoisotopic (exact) mass is 197 g/mol. The van der Waals surface area contributed by atoms with E-state index >= 15 is 0 Å². The maximum Gasteiger partial charge on any atom is 0.313 e. The van der Waals surface area contributed by atoms with Crippen LogP contribution in [0.2, 0.25) is 0 Å². The number of carbonyl (C=O) groups excluding carboxylic acids is 1. The summed E-state index contributed by atoms with van der Waals surface area (Å²) < 4.78 is 4.85. The summed E-state index contributed by atoms with van der Waals surface area (Å²) in [5, 5.41) is 0. The molecular formula is C11H19NO2. The quantitative estimate of drug-likeness (QED) is 0.548. The molecule has 0 aromatic heterocycles. The van der Waals surface area contributed by atoms with E-state index in [9.17, 15) is 4.79 Å². The van der Waals surface area contributed by atoms with Crippen LogP contribution in [-0.4, -0.2) is 19.6 Å². The molecule has 0 spiro atoms. The average molecular weight is 197 g/mol. The first-order valence-electron chi connectivity index (χ1n) is 5.10. The molecule has 2 atom stereocenters. The summed E-state index contributed by atoms with van der Waals surface area (Å²) in [6.45, 7) is 4.10. The third-order valence-electron chi connectivity index (χ3n) is 3.36. The van der Waals surface area contributed by atoms with E-state index in [1.165, 1.54) is 7.11 Å². The molecule has 3 nitrogen and oxygen atoms in total. The molecule has 0 radical (unpaired) electrons. The lowest BCUT2D eigenvalue weighted by Crippen LogP contribution is -2.42. The summed E-state index contributed by atoms with van der Waals surface area (Å²) in [5.74, 6) is 0.168. The lowest BCUT2D eigenvalue weighted by Gasteiger charge is -2.30. The molecule has 0 aromatic rings. The van der Waals surface area contributed by atoms with Crippen molar-refractivity contribution in [2.45, 2.75) is 25.7 Å². The number of rotatable bonds is 4. The number of hydrogen-bond acceptors (Lipinski definition) is 3. The topological polar surface area (TPSA) is 52.3 Å². The molecule has 0 amide bonds. The highest BCUT2D eigenvalue weighted by molar-refractivity contribution is 5.77. The molecule has 0 saturated heterocycles. The molecule has 14 heavy (non-hydrogen) atoms. The van der Waals surface area contributed by atoms with E-state index in [1.807, 2.05) is 6.08 Å². The van der Waals surface area contributed by atoms with Gasteiger partial charge in [-0.15, -0.1) is 6.58 Å². The zero-order chi connectivity index (χ0) is 10.6. The van der Waals surface area contributed by atoms with E-state index in [0.717, 1.165) is 25.7 Å². The van der Waals surface area contributed by atoms with Gasteiger partial charge in [-0.2, -0.15) is 0 Å². The fraction of sp³-hybridized carbons (Fsp3) is 0.727. The van der Waals surface area contributed by atoms with Crippen molar-refractivity contribution in [3.8, 4) is 0 Å². The van der Waals surface area contributed by atoms with Crippen LogP contribution >= 0.6 is 0 Å². The maximum atomic E-state index is 11.7. The van der Waals surface area contributed by atoms with Crippen molar-refractivity contribution in [2.24, 2.45) is 17.1 Å². The highest BCUT2D eigenvalue weighted by atomic mass is 16.5. The molecule has 1 aliphatic rings. The third-order valence-corrected chi connectivity index (χ3v) is 3.36. The molecular weight excluding hydrogens is 178 g/mol. The van der Waals surface area contributed by atoms with Crippen molar-refractivity contribution >= 4 is 5.97 Å². The fourth-order valence-electron chi connectivity index (χ4n) is 2.51. The van der Waals surface area contributed by atoms with E-state index in [0.29, 0.717) is 12.5 Å². The van der Waals surface area contributed by atoms with Gasteiger partial charge in [-0.25, -0.2) is 0 Å². The van der Waals surface area contributed by atoms with Gasteiger partial charge in [0.1, 0.15) is 0 Å². The Morgan fingerprint density at radius 3 is 3.00 bits per heavy atom. The first-order valence-corrected chi connectivity index (χ1v) is 5.10. The smallest absolute Gasteiger partial charge is 0.313 e. The van der Waals surface area contributed by atoms with Crippen molar-refractivity contribution in [3.05, 3.63) is 12.7 Å². The maximum absolute atomic E-state index is 11.7. The number of ether oxygens (including phenoxy) is 1. The molecule has 0 aromatic carbocycles. The fourth-order valence-corrected chi connectivity index (χ4v) is 2.51. The van der Waals surface area contributed by atoms with Crippen molar-refractivity contribution in [1.82, 2.24) is 0 Å². The third kappa shape index (κ3) is 1.69. The second-order valence-corrected chi connectivity index (χ2v) is 3.97. The standard InChI is InChI=1S/C11H19NO2/c1-3-5-9-6-4-7-11(9,8-12)10(13)14-2/h3,9H,1,4-8,12H2,2H3/t9-,11-/m1/s1. The van der Waals surface area contributed by atoms with Gasteiger partial charge < -0.3 is 10.5 Å². The van der Waals surface area contributed by atoms with E-state index in [4.69, 9.17) is 10.5 Å². The number of allylic oxidation sites excluding steroid dienone is 1. The van der Waals surface area contributed by atoms with Crippen LogP contribution in [0.25, 0.3) is 0 Å². The Labute approximate surface area is 85.3 Å². The van der Waals surface area contributed by atoms with Crippen molar-refractivity contribution in [1.29, 1.82) is 0 Å². The van der Waals surface area contributed by atoms with Crippen LogP contribution in [0, 0.1) is 11.3 Å². The van der Waals surface area contributed by atoms with Gasteiger partial charge in [0, 0.05) is 6.54 Å². The highest BCUT2D eigenvalue weighted by Gasteiger charge is 2.48. The Morgan fingerprint density at radius 2 is 2.50 bits per heavy atom. The molecule has 1 saturated carbocycles. The Hall–Kier alpha value is -0.830. The van der Waals surface area contributed by atoms with Gasteiger partial charge in [-0.3, -0.25) is 4.79 Å². The second-order valence-electron chi connectivity index (χ2n) is 3.97. The Bertz CT molecular complexity index is 227. The van der Waals surface area contributed by atoms with Crippen LogP contribution in [0.15, 0.2) is 12.7 Å². The molecule has 2 N–H and O–H groups in total. The molecule has 1 rings (SSSR count). The molecule has 80 valence electrons. The van der Waals surface area contributed by atoms with Crippen LogP contribution in [-0.2, 0) is 9.53 Å². The zero-order valence-electron chi connectivity index (χ0n) is 8.79. The average Bonchev–Trinajstić information content (AvgIpc) is 2.62.